The van der Waals surface area contributed by atoms with Crippen molar-refractivity contribution in [3.05, 3.63) is 92.4 Å². The zero-order chi connectivity index (χ0) is 23.2. The number of allylic oxidation sites excluding steroid dienone is 4. The van der Waals surface area contributed by atoms with Crippen LogP contribution >= 0.6 is 0 Å². The van der Waals surface area contributed by atoms with E-state index in [1.807, 2.05) is 65.8 Å². The van der Waals surface area contributed by atoms with Gasteiger partial charge in [0.15, 0.2) is 0 Å². The smallest absolute Gasteiger partial charge is 0.351 e. The standard InChI is InChI=1S/2C13H16O2.Ti/c2*1-8-5-9(2)13(10(3)6-8)12(15)7-11(4)14;/h2*5-7,14H,1-4H3;/p+2/b2*11-7-;. The summed E-state index contributed by atoms with van der Waals surface area (Å²) in [7, 11) is 0. The van der Waals surface area contributed by atoms with E-state index in [2.05, 4.69) is 0 Å². The molecule has 2 aromatic carbocycles. The van der Waals surface area contributed by atoms with E-state index < -0.39 is 0 Å². The molecule has 0 spiro atoms. The Balaban J connectivity index is 0.000000562. The molecule has 0 aromatic heterocycles. The van der Waals surface area contributed by atoms with Crippen molar-refractivity contribution in [2.75, 3.05) is 0 Å². The maximum Gasteiger partial charge on any atom is 0.351 e. The maximum absolute atomic E-state index is 9.82. The molecular formula is C26H34O4Ti+2. The zero-order valence-corrected chi connectivity index (χ0v) is 21.3. The number of rotatable bonds is 4. The summed E-state index contributed by atoms with van der Waals surface area (Å²) in [4.78, 5) is 19.6. The van der Waals surface area contributed by atoms with Crippen molar-refractivity contribution in [1.82, 2.24) is 0 Å². The Bertz CT molecular complexity index is 892. The monoisotopic (exact) mass is 458 g/mol. The number of carbonyl (C=O) groups excluding carboxylic acids is 2. The van der Waals surface area contributed by atoms with Gasteiger partial charge in [0, 0.05) is 21.7 Å². The number of hydrogen-bond acceptors (Lipinski definition) is 2. The number of aryl methyl sites for hydroxylation is 6. The second-order valence-electron chi connectivity index (χ2n) is 7.89. The molecule has 5 heteroatoms. The fraction of sp³-hybridized carbons (Fsp3) is 0.308. The third-order valence-corrected chi connectivity index (χ3v) is 4.56. The second-order valence-corrected chi connectivity index (χ2v) is 7.89. The van der Waals surface area contributed by atoms with Crippen LogP contribution in [0.2, 0.25) is 0 Å². The van der Waals surface area contributed by atoms with Crippen LogP contribution in [0.4, 0.5) is 0 Å². The predicted molar refractivity (Wildman–Crippen MR) is 126 cm³/mol. The average molecular weight is 458 g/mol. The first-order chi connectivity index (χ1) is 13.8. The predicted octanol–water partition coefficient (Wildman–Crippen LogP) is 5.93. The fourth-order valence-corrected chi connectivity index (χ4v) is 3.71. The molecule has 4 nitrogen and oxygen atoms in total. The van der Waals surface area contributed by atoms with Gasteiger partial charge in [-0.15, -0.1) is 0 Å². The van der Waals surface area contributed by atoms with Crippen molar-refractivity contribution in [3.63, 3.8) is 0 Å². The molecule has 0 saturated carbocycles. The van der Waals surface area contributed by atoms with Gasteiger partial charge in [0.2, 0.25) is 0 Å². The normalized spacial score (nSPS) is 11.2. The molecule has 0 aliphatic rings. The van der Waals surface area contributed by atoms with Crippen LogP contribution < -0.4 is 0 Å². The summed E-state index contributed by atoms with van der Waals surface area (Å²) in [5.74, 6) is 0.439. The number of hydrogen-bond donors (Lipinski definition) is 2. The Kier molecular flexibility index (Phi) is 11.5. The summed E-state index contributed by atoms with van der Waals surface area (Å²) in [6.07, 6.45) is 2.73. The summed E-state index contributed by atoms with van der Waals surface area (Å²) in [6.45, 7) is 14.9. The molecule has 0 amide bonds. The summed E-state index contributed by atoms with van der Waals surface area (Å²) in [5, 5.41) is 18.2. The van der Waals surface area contributed by atoms with Crippen LogP contribution in [0, 0.1) is 41.5 Å². The number of aliphatic hydroxyl groups excluding tert-OH is 2. The quantitative estimate of drug-likeness (QED) is 0.196. The minimum atomic E-state index is 0. The van der Waals surface area contributed by atoms with Gasteiger partial charge in [-0.2, -0.15) is 0 Å². The molecule has 4 N–H and O–H groups in total. The Morgan fingerprint density at radius 2 is 0.839 bits per heavy atom. The number of aliphatic hydroxyl groups is 2. The Morgan fingerprint density at radius 3 is 1.03 bits per heavy atom. The second kappa shape index (κ2) is 12.4. The zero-order valence-electron chi connectivity index (χ0n) is 19.8. The Labute approximate surface area is 200 Å². The van der Waals surface area contributed by atoms with Crippen LogP contribution in [0.3, 0.4) is 0 Å². The van der Waals surface area contributed by atoms with E-state index in [-0.39, 0.29) is 44.8 Å². The third-order valence-electron chi connectivity index (χ3n) is 4.56. The minimum Gasteiger partial charge on any atom is -0.512 e. The minimum absolute atomic E-state index is 0. The molecule has 0 atom stereocenters. The largest absolute Gasteiger partial charge is 0.512 e. The summed E-state index contributed by atoms with van der Waals surface area (Å²) < 4.78 is 0. The van der Waals surface area contributed by atoms with Crippen LogP contribution in [0.5, 0.6) is 0 Å². The van der Waals surface area contributed by atoms with E-state index in [9.17, 15) is 9.59 Å². The maximum atomic E-state index is 9.82. The molecule has 0 aliphatic carbocycles. The van der Waals surface area contributed by atoms with Crippen LogP contribution in [0.25, 0.3) is 0 Å². The van der Waals surface area contributed by atoms with E-state index in [0.717, 1.165) is 33.4 Å². The van der Waals surface area contributed by atoms with Gasteiger partial charge in [-0.05, 0) is 77.6 Å². The molecule has 31 heavy (non-hydrogen) atoms. The van der Waals surface area contributed by atoms with Crippen LogP contribution in [0.1, 0.15) is 58.4 Å². The van der Waals surface area contributed by atoms with Gasteiger partial charge in [0.1, 0.15) is 0 Å². The van der Waals surface area contributed by atoms with E-state index in [1.165, 1.54) is 37.1 Å². The first kappa shape index (κ1) is 28.6. The Hall–Kier alpha value is -2.43. The van der Waals surface area contributed by atoms with E-state index in [4.69, 9.17) is 10.2 Å². The van der Waals surface area contributed by atoms with Crippen LogP contribution in [-0.4, -0.2) is 31.4 Å². The third kappa shape index (κ3) is 8.68. The van der Waals surface area contributed by atoms with Gasteiger partial charge in [0.05, 0.1) is 34.8 Å². The number of ketones is 2. The molecular weight excluding hydrogens is 424 g/mol. The van der Waals surface area contributed by atoms with Crippen molar-refractivity contribution in [2.45, 2.75) is 55.4 Å². The van der Waals surface area contributed by atoms with Gasteiger partial charge in [0.25, 0.3) is 0 Å². The average Bonchev–Trinajstić information content (AvgIpc) is 2.51. The van der Waals surface area contributed by atoms with Crippen molar-refractivity contribution in [2.24, 2.45) is 0 Å². The summed E-state index contributed by atoms with van der Waals surface area (Å²) in [6, 6.07) is 8.05. The van der Waals surface area contributed by atoms with Gasteiger partial charge in [-0.25, -0.2) is 0 Å². The van der Waals surface area contributed by atoms with Gasteiger partial charge < -0.3 is 10.2 Å². The fourth-order valence-electron chi connectivity index (χ4n) is 3.71. The van der Waals surface area contributed by atoms with E-state index in [0.29, 0.717) is 0 Å². The molecule has 0 radical (unpaired) electrons. The van der Waals surface area contributed by atoms with Crippen molar-refractivity contribution in [3.8, 4) is 0 Å². The molecule has 0 fully saturated rings. The SMILES string of the molecule is C/C(O)=C/C(=[OH+])c1c(C)cc(C)cc1C.C/C(O)=C/C(=[OH+])c1c(C)cc(C)cc1C.[Ti]. The first-order valence-corrected chi connectivity index (χ1v) is 9.86. The van der Waals surface area contributed by atoms with Crippen molar-refractivity contribution < 1.29 is 41.5 Å². The number of benzene rings is 2. The summed E-state index contributed by atoms with van der Waals surface area (Å²) >= 11 is 0. The van der Waals surface area contributed by atoms with Crippen LogP contribution in [0.15, 0.2) is 47.9 Å². The van der Waals surface area contributed by atoms with Crippen molar-refractivity contribution >= 4 is 11.6 Å². The molecule has 0 bridgehead atoms. The molecule has 2 aromatic rings. The van der Waals surface area contributed by atoms with Gasteiger partial charge in [-0.1, -0.05) is 35.4 Å². The molecule has 164 valence electrons. The first-order valence-electron chi connectivity index (χ1n) is 9.86. The molecule has 0 aliphatic heterocycles. The molecule has 0 heterocycles. The topological polar surface area (TPSA) is 83.3 Å². The van der Waals surface area contributed by atoms with E-state index in [1.54, 1.807) is 0 Å². The summed E-state index contributed by atoms with van der Waals surface area (Å²) in [5.41, 5.74) is 8.01. The molecule has 0 unspecified atom stereocenters. The van der Waals surface area contributed by atoms with Gasteiger partial charge >= 0.3 is 11.6 Å². The van der Waals surface area contributed by atoms with Crippen LogP contribution in [-0.2, 0) is 21.7 Å². The Morgan fingerprint density at radius 1 is 0.613 bits per heavy atom. The van der Waals surface area contributed by atoms with Crippen molar-refractivity contribution in [1.29, 1.82) is 0 Å². The van der Waals surface area contributed by atoms with Gasteiger partial charge in [-0.3, -0.25) is 9.59 Å². The molecule has 0 saturated heterocycles. The molecule has 2 rings (SSSR count). The van der Waals surface area contributed by atoms with E-state index >= 15 is 0 Å².